The van der Waals surface area contributed by atoms with Crippen LogP contribution in [0.4, 0.5) is 0 Å². The third-order valence-corrected chi connectivity index (χ3v) is 1.68. The van der Waals surface area contributed by atoms with E-state index >= 15 is 0 Å². The number of nitrogens with two attached hydrogens (primary N) is 1. The fourth-order valence-electron chi connectivity index (χ4n) is 1.08. The Hall–Kier alpha value is -1.10. The first kappa shape index (κ1) is 8.99. The second-order valence-electron chi connectivity index (χ2n) is 2.47. The van der Waals surface area contributed by atoms with Crippen LogP contribution >= 0.6 is 0 Å². The molecule has 0 saturated heterocycles. The molecule has 2 N–H and O–H groups in total. The van der Waals surface area contributed by atoms with E-state index in [1.165, 1.54) is 0 Å². The maximum absolute atomic E-state index is 5.67. The van der Waals surface area contributed by atoms with Crippen molar-refractivity contribution in [3.05, 3.63) is 30.4 Å². The summed E-state index contributed by atoms with van der Waals surface area (Å²) in [4.78, 5) is 4.10. The van der Waals surface area contributed by atoms with E-state index in [9.17, 15) is 0 Å². The van der Waals surface area contributed by atoms with Crippen LogP contribution < -0.4 is 27.2 Å². The highest BCUT2D eigenvalue weighted by Gasteiger charge is 2.09. The zero-order chi connectivity index (χ0) is 7.84. The number of imidazole rings is 1. The molecule has 0 unspecified atom stereocenters. The second-order valence-corrected chi connectivity index (χ2v) is 2.47. The standard InChI is InChI=1S/C7H9N4.BrH/c1-6-5-10-4-2-3-9-7(10)11(6)8;/h2-5H,8H2,1H3;1H/q+1;/p-1. The molecule has 0 amide bonds. The number of aromatic nitrogens is 3. The zero-order valence-corrected chi connectivity index (χ0v) is 8.19. The van der Waals surface area contributed by atoms with Crippen molar-refractivity contribution in [2.75, 3.05) is 5.84 Å². The first-order valence-electron chi connectivity index (χ1n) is 3.38. The van der Waals surface area contributed by atoms with Crippen molar-refractivity contribution in [1.29, 1.82) is 0 Å². The molecule has 0 fully saturated rings. The number of halogens is 1. The second kappa shape index (κ2) is 3.10. The summed E-state index contributed by atoms with van der Waals surface area (Å²) in [5.41, 5.74) is 0.990. The average molecular weight is 229 g/mol. The molecule has 2 rings (SSSR count). The lowest BCUT2D eigenvalue weighted by molar-refractivity contribution is -0.513. The van der Waals surface area contributed by atoms with Crippen molar-refractivity contribution in [3.8, 4) is 0 Å². The van der Waals surface area contributed by atoms with Gasteiger partial charge in [0, 0.05) is 6.07 Å². The number of nitrogen functional groups attached to an aromatic ring is 1. The van der Waals surface area contributed by atoms with E-state index < -0.39 is 0 Å². The summed E-state index contributed by atoms with van der Waals surface area (Å²) in [6.07, 6.45) is 5.57. The lowest BCUT2D eigenvalue weighted by Gasteiger charge is -1.84. The normalized spacial score (nSPS) is 9.75. The predicted octanol–water partition coefficient (Wildman–Crippen LogP) is -3.35. The molecule has 2 aromatic rings. The average Bonchev–Trinajstić information content (AvgIpc) is 2.30. The summed E-state index contributed by atoms with van der Waals surface area (Å²) in [6, 6.07) is 1.87. The van der Waals surface area contributed by atoms with Crippen LogP contribution in [0, 0.1) is 6.92 Å². The third-order valence-electron chi connectivity index (χ3n) is 1.68. The molecule has 0 spiro atoms. The van der Waals surface area contributed by atoms with Crippen LogP contribution in [-0.4, -0.2) is 9.66 Å². The van der Waals surface area contributed by atoms with Gasteiger partial charge < -0.3 is 17.0 Å². The van der Waals surface area contributed by atoms with Crippen LogP contribution in [0.5, 0.6) is 0 Å². The van der Waals surface area contributed by atoms with Crippen LogP contribution in [0.3, 0.4) is 0 Å². The van der Waals surface area contributed by atoms with E-state index in [0.717, 1.165) is 11.5 Å². The number of hydrogen-bond acceptors (Lipinski definition) is 2. The number of fused-ring (bicyclic) bond motifs is 1. The maximum atomic E-state index is 5.67. The molecule has 0 aliphatic rings. The summed E-state index contributed by atoms with van der Waals surface area (Å²) in [6.45, 7) is 1.94. The molecule has 12 heavy (non-hydrogen) atoms. The molecule has 4 nitrogen and oxygen atoms in total. The van der Waals surface area contributed by atoms with E-state index in [0.29, 0.717) is 0 Å². The predicted molar refractivity (Wildman–Crippen MR) is 40.3 cm³/mol. The van der Waals surface area contributed by atoms with Gasteiger partial charge in [0.25, 0.3) is 0 Å². The highest BCUT2D eigenvalue weighted by molar-refractivity contribution is 5.20. The van der Waals surface area contributed by atoms with Gasteiger partial charge in [-0.1, -0.05) is 4.98 Å². The highest BCUT2D eigenvalue weighted by Crippen LogP contribution is 1.94. The SMILES string of the molecule is Cc1c[n+]2cccnc2n1N.[Br-]. The molecule has 64 valence electrons. The Labute approximate surface area is 80.4 Å². The molecule has 0 aromatic carbocycles. The molecule has 2 aromatic heterocycles. The minimum Gasteiger partial charge on any atom is -1.00 e. The third kappa shape index (κ3) is 1.16. The summed E-state index contributed by atoms with van der Waals surface area (Å²) < 4.78 is 3.44. The Morgan fingerprint density at radius 1 is 1.58 bits per heavy atom. The summed E-state index contributed by atoms with van der Waals surface area (Å²) >= 11 is 0. The van der Waals surface area contributed by atoms with Crippen LogP contribution in [0.1, 0.15) is 5.69 Å². The highest BCUT2D eigenvalue weighted by atomic mass is 79.9. The first-order chi connectivity index (χ1) is 5.29. The number of rotatable bonds is 0. The Morgan fingerprint density at radius 3 is 3.00 bits per heavy atom. The van der Waals surface area contributed by atoms with Gasteiger partial charge in [-0.15, -0.1) is 4.68 Å². The molecule has 0 radical (unpaired) electrons. The van der Waals surface area contributed by atoms with Gasteiger partial charge in [0.15, 0.2) is 0 Å². The molecule has 0 atom stereocenters. The lowest BCUT2D eigenvalue weighted by Crippen LogP contribution is -3.00. The van der Waals surface area contributed by atoms with Gasteiger partial charge in [-0.25, -0.2) is 4.40 Å². The number of nitrogens with zero attached hydrogens (tertiary/aromatic N) is 3. The minimum atomic E-state index is 0. The van der Waals surface area contributed by atoms with E-state index in [1.807, 2.05) is 29.8 Å². The van der Waals surface area contributed by atoms with Gasteiger partial charge in [0.1, 0.15) is 18.1 Å². The van der Waals surface area contributed by atoms with Gasteiger partial charge in [0.05, 0.1) is 6.20 Å². The van der Waals surface area contributed by atoms with Crippen LogP contribution in [0.15, 0.2) is 24.7 Å². The first-order valence-corrected chi connectivity index (χ1v) is 3.38. The fraction of sp³-hybridized carbons (Fsp3) is 0.143. The van der Waals surface area contributed by atoms with Gasteiger partial charge in [-0.05, 0) is 6.92 Å². The van der Waals surface area contributed by atoms with Crippen molar-refractivity contribution < 1.29 is 21.4 Å². The summed E-state index contributed by atoms with van der Waals surface area (Å²) in [5, 5.41) is 0. The molecule has 0 saturated carbocycles. The van der Waals surface area contributed by atoms with Crippen molar-refractivity contribution in [2.24, 2.45) is 0 Å². The quantitative estimate of drug-likeness (QED) is 0.379. The molecular formula is C7H9BrN4. The number of hydrogen-bond donors (Lipinski definition) is 1. The molecule has 5 heteroatoms. The van der Waals surface area contributed by atoms with E-state index in [-0.39, 0.29) is 17.0 Å². The van der Waals surface area contributed by atoms with Crippen molar-refractivity contribution in [1.82, 2.24) is 9.66 Å². The topological polar surface area (TPSA) is 47.9 Å². The lowest BCUT2D eigenvalue weighted by atomic mass is 10.6. The van der Waals surface area contributed by atoms with Gasteiger partial charge in [0.2, 0.25) is 0 Å². The van der Waals surface area contributed by atoms with Crippen LogP contribution in [0.2, 0.25) is 0 Å². The van der Waals surface area contributed by atoms with Gasteiger partial charge in [-0.3, -0.25) is 5.84 Å². The Bertz CT molecular complexity index is 395. The zero-order valence-electron chi connectivity index (χ0n) is 6.61. The molecular weight excluding hydrogens is 220 g/mol. The largest absolute Gasteiger partial charge is 1.00 e. The molecule has 0 aliphatic heterocycles. The van der Waals surface area contributed by atoms with Gasteiger partial charge in [-0.2, -0.15) is 0 Å². The Balaban J connectivity index is 0.000000720. The monoisotopic (exact) mass is 228 g/mol. The summed E-state index contributed by atoms with van der Waals surface area (Å²) in [7, 11) is 0. The van der Waals surface area contributed by atoms with Crippen molar-refractivity contribution in [3.63, 3.8) is 0 Å². The summed E-state index contributed by atoms with van der Waals surface area (Å²) in [5.74, 6) is 6.43. The molecule has 0 bridgehead atoms. The maximum Gasteiger partial charge on any atom is 0.425 e. The van der Waals surface area contributed by atoms with E-state index in [1.54, 1.807) is 10.9 Å². The van der Waals surface area contributed by atoms with Crippen molar-refractivity contribution >= 4 is 5.78 Å². The Kier molecular flexibility index (Phi) is 2.32. The fourth-order valence-corrected chi connectivity index (χ4v) is 1.08. The van der Waals surface area contributed by atoms with Gasteiger partial charge >= 0.3 is 5.78 Å². The van der Waals surface area contributed by atoms with E-state index in [2.05, 4.69) is 4.98 Å². The Morgan fingerprint density at radius 2 is 2.33 bits per heavy atom. The number of aryl methyl sites for hydroxylation is 1. The molecule has 0 aliphatic carbocycles. The van der Waals surface area contributed by atoms with Crippen LogP contribution in [0.25, 0.3) is 5.78 Å². The van der Waals surface area contributed by atoms with Crippen LogP contribution in [-0.2, 0) is 0 Å². The van der Waals surface area contributed by atoms with E-state index in [4.69, 9.17) is 5.84 Å². The van der Waals surface area contributed by atoms with Crippen molar-refractivity contribution in [2.45, 2.75) is 6.92 Å². The minimum absolute atomic E-state index is 0. The molecule has 2 heterocycles. The smallest absolute Gasteiger partial charge is 0.425 e.